The Kier molecular flexibility index (Phi) is 3.70. The number of aliphatic hydroxyl groups is 1. The Labute approximate surface area is 127 Å². The van der Waals surface area contributed by atoms with Crippen molar-refractivity contribution in [1.29, 1.82) is 0 Å². The van der Waals surface area contributed by atoms with Gasteiger partial charge in [0.2, 0.25) is 8.32 Å². The predicted molar refractivity (Wildman–Crippen MR) is 85.8 cm³/mol. The summed E-state index contributed by atoms with van der Waals surface area (Å²) < 4.78 is 6.24. The SMILES string of the molecule is CN1CC(O)(c2cccc(O[Si](C)(C)C(C)(C)C)c2)C1=O. The van der Waals surface area contributed by atoms with E-state index in [4.69, 9.17) is 4.43 Å². The normalized spacial score (nSPS) is 23.0. The molecule has 1 amide bonds. The monoisotopic (exact) mass is 307 g/mol. The Balaban J connectivity index is 2.26. The van der Waals surface area contributed by atoms with Gasteiger partial charge in [0.05, 0.1) is 6.54 Å². The average molecular weight is 307 g/mol. The highest BCUT2D eigenvalue weighted by atomic mass is 28.4. The summed E-state index contributed by atoms with van der Waals surface area (Å²) in [4.78, 5) is 13.4. The zero-order valence-corrected chi connectivity index (χ0v) is 14.7. The van der Waals surface area contributed by atoms with E-state index in [0.29, 0.717) is 12.1 Å². The number of likely N-dealkylation sites (tertiary alicyclic amines) is 1. The summed E-state index contributed by atoms with van der Waals surface area (Å²) in [6, 6.07) is 7.30. The van der Waals surface area contributed by atoms with E-state index in [0.717, 1.165) is 5.75 Å². The lowest BCUT2D eigenvalue weighted by molar-refractivity contribution is -0.174. The van der Waals surface area contributed by atoms with Gasteiger partial charge < -0.3 is 14.4 Å². The van der Waals surface area contributed by atoms with Gasteiger partial charge in [0.15, 0.2) is 5.60 Å². The van der Waals surface area contributed by atoms with Gasteiger partial charge in [0.1, 0.15) is 5.75 Å². The molecule has 1 heterocycles. The molecule has 1 N–H and O–H groups in total. The van der Waals surface area contributed by atoms with Crippen molar-refractivity contribution in [3.8, 4) is 5.75 Å². The number of carbonyl (C=O) groups excluding carboxylic acids is 1. The second-order valence-corrected chi connectivity index (χ2v) is 12.1. The molecule has 2 rings (SSSR count). The Bertz CT molecular complexity index is 565. The van der Waals surface area contributed by atoms with E-state index in [9.17, 15) is 9.90 Å². The van der Waals surface area contributed by atoms with Crippen LogP contribution in [0.2, 0.25) is 18.1 Å². The van der Waals surface area contributed by atoms with Crippen molar-refractivity contribution < 1.29 is 14.3 Å². The maximum absolute atomic E-state index is 11.9. The molecule has 1 unspecified atom stereocenters. The molecule has 0 spiro atoms. The molecule has 1 saturated heterocycles. The van der Waals surface area contributed by atoms with Gasteiger partial charge in [-0.1, -0.05) is 32.9 Å². The zero-order chi connectivity index (χ0) is 16.1. The fraction of sp³-hybridized carbons (Fsp3) is 0.562. The number of hydrogen-bond donors (Lipinski definition) is 1. The Morgan fingerprint density at radius 3 is 2.43 bits per heavy atom. The second kappa shape index (κ2) is 4.85. The molecule has 1 aromatic rings. The quantitative estimate of drug-likeness (QED) is 0.690. The summed E-state index contributed by atoms with van der Waals surface area (Å²) >= 11 is 0. The minimum absolute atomic E-state index is 0.104. The van der Waals surface area contributed by atoms with Gasteiger partial charge in [0, 0.05) is 7.05 Å². The molecule has 0 aromatic heterocycles. The van der Waals surface area contributed by atoms with Gasteiger partial charge in [-0.2, -0.15) is 0 Å². The highest BCUT2D eigenvalue weighted by Gasteiger charge is 2.50. The first-order chi connectivity index (χ1) is 9.47. The number of benzene rings is 1. The third-order valence-corrected chi connectivity index (χ3v) is 9.02. The average Bonchev–Trinajstić information content (AvgIpc) is 2.36. The van der Waals surface area contributed by atoms with Crippen molar-refractivity contribution in [3.05, 3.63) is 29.8 Å². The molecular weight excluding hydrogens is 282 g/mol. The lowest BCUT2D eigenvalue weighted by Gasteiger charge is -2.43. The van der Waals surface area contributed by atoms with Crippen LogP contribution in [0.4, 0.5) is 0 Å². The lowest BCUT2D eigenvalue weighted by atomic mass is 9.85. The molecule has 5 heteroatoms. The number of nitrogens with zero attached hydrogens (tertiary/aromatic N) is 1. The van der Waals surface area contributed by atoms with Crippen molar-refractivity contribution in [2.24, 2.45) is 0 Å². The van der Waals surface area contributed by atoms with Crippen LogP contribution in [-0.2, 0) is 10.4 Å². The molecule has 1 aromatic carbocycles. The summed E-state index contributed by atoms with van der Waals surface area (Å²) in [5.74, 6) is 0.474. The van der Waals surface area contributed by atoms with Crippen LogP contribution in [-0.4, -0.2) is 37.8 Å². The van der Waals surface area contributed by atoms with E-state index < -0.39 is 13.9 Å². The van der Waals surface area contributed by atoms with Crippen LogP contribution in [0.3, 0.4) is 0 Å². The van der Waals surface area contributed by atoms with Gasteiger partial charge in [-0.15, -0.1) is 0 Å². The van der Waals surface area contributed by atoms with Crippen LogP contribution in [0.5, 0.6) is 5.75 Å². The molecule has 0 aliphatic carbocycles. The van der Waals surface area contributed by atoms with Crippen LogP contribution >= 0.6 is 0 Å². The second-order valence-electron chi connectivity index (χ2n) is 7.41. The first-order valence-electron chi connectivity index (χ1n) is 7.25. The molecule has 0 radical (unpaired) electrons. The first kappa shape index (κ1) is 16.0. The van der Waals surface area contributed by atoms with E-state index in [-0.39, 0.29) is 10.9 Å². The fourth-order valence-corrected chi connectivity index (χ4v) is 3.21. The molecular formula is C16H25NO3Si. The highest BCUT2D eigenvalue weighted by molar-refractivity contribution is 6.74. The molecule has 0 bridgehead atoms. The van der Waals surface area contributed by atoms with E-state index in [1.165, 1.54) is 4.90 Å². The van der Waals surface area contributed by atoms with Crippen molar-refractivity contribution >= 4 is 14.2 Å². The number of carbonyl (C=O) groups is 1. The number of hydrogen-bond acceptors (Lipinski definition) is 3. The Morgan fingerprint density at radius 2 is 1.95 bits per heavy atom. The molecule has 1 aliphatic rings. The number of likely N-dealkylation sites (N-methyl/N-ethyl adjacent to an activating group) is 1. The van der Waals surface area contributed by atoms with E-state index >= 15 is 0 Å². The van der Waals surface area contributed by atoms with Crippen molar-refractivity contribution in [1.82, 2.24) is 4.90 Å². The van der Waals surface area contributed by atoms with Crippen LogP contribution in [0.1, 0.15) is 26.3 Å². The summed E-state index contributed by atoms with van der Waals surface area (Å²) in [6.07, 6.45) is 0. The van der Waals surface area contributed by atoms with Gasteiger partial charge in [-0.25, -0.2) is 0 Å². The molecule has 0 saturated carbocycles. The lowest BCUT2D eigenvalue weighted by Crippen LogP contribution is -2.62. The summed E-state index contributed by atoms with van der Waals surface area (Å²) in [6.45, 7) is 11.2. The third-order valence-electron chi connectivity index (χ3n) is 4.66. The fourth-order valence-electron chi connectivity index (χ4n) is 2.19. The van der Waals surface area contributed by atoms with Gasteiger partial charge in [-0.05, 0) is 35.8 Å². The number of β-amino-alcohol motifs (C(OH)–C–C–N with tert-alkyl or cyclic N) is 1. The summed E-state index contributed by atoms with van der Waals surface area (Å²) in [7, 11) is -0.240. The molecule has 21 heavy (non-hydrogen) atoms. The molecule has 1 fully saturated rings. The van der Waals surface area contributed by atoms with Gasteiger partial charge in [-0.3, -0.25) is 4.79 Å². The number of amides is 1. The third kappa shape index (κ3) is 2.72. The maximum Gasteiger partial charge on any atom is 0.260 e. The Morgan fingerprint density at radius 1 is 1.33 bits per heavy atom. The van der Waals surface area contributed by atoms with Crippen molar-refractivity contribution in [2.45, 2.75) is 44.5 Å². The number of rotatable bonds is 3. The molecule has 116 valence electrons. The van der Waals surface area contributed by atoms with Crippen LogP contribution in [0.15, 0.2) is 24.3 Å². The molecule has 4 nitrogen and oxygen atoms in total. The number of β-lactam (4-membered cyclic amide) rings is 1. The standard InChI is InChI=1S/C16H25NO3Si/c1-15(2,3)21(5,6)20-13-9-7-8-12(10-13)16(19)11-17(4)14(16)18/h7-10,19H,11H2,1-6H3. The zero-order valence-electron chi connectivity index (χ0n) is 13.7. The minimum Gasteiger partial charge on any atom is -0.543 e. The minimum atomic E-state index is -1.93. The largest absolute Gasteiger partial charge is 0.543 e. The van der Waals surface area contributed by atoms with Crippen LogP contribution in [0, 0.1) is 0 Å². The van der Waals surface area contributed by atoms with E-state index in [2.05, 4.69) is 33.9 Å². The molecule has 1 aliphatic heterocycles. The molecule has 1 atom stereocenters. The maximum atomic E-state index is 11.9. The summed E-state index contributed by atoms with van der Waals surface area (Å²) in [5, 5.41) is 10.6. The van der Waals surface area contributed by atoms with Gasteiger partial charge >= 0.3 is 0 Å². The topological polar surface area (TPSA) is 49.8 Å². The van der Waals surface area contributed by atoms with Crippen LogP contribution < -0.4 is 4.43 Å². The van der Waals surface area contributed by atoms with Gasteiger partial charge in [0.25, 0.3) is 5.91 Å². The van der Waals surface area contributed by atoms with E-state index in [1.807, 2.05) is 12.1 Å². The predicted octanol–water partition coefficient (Wildman–Crippen LogP) is 2.73. The highest BCUT2D eigenvalue weighted by Crippen LogP contribution is 2.39. The summed E-state index contributed by atoms with van der Waals surface area (Å²) in [5.41, 5.74) is -0.775. The Hall–Kier alpha value is -1.33. The van der Waals surface area contributed by atoms with Crippen molar-refractivity contribution in [2.75, 3.05) is 13.6 Å². The van der Waals surface area contributed by atoms with E-state index in [1.54, 1.807) is 19.2 Å². The van der Waals surface area contributed by atoms with Crippen molar-refractivity contribution in [3.63, 3.8) is 0 Å². The smallest absolute Gasteiger partial charge is 0.260 e. The van der Waals surface area contributed by atoms with Crippen LogP contribution in [0.25, 0.3) is 0 Å². The first-order valence-corrected chi connectivity index (χ1v) is 10.2.